The first-order valence-electron chi connectivity index (χ1n) is 6.64. The highest BCUT2D eigenvalue weighted by Crippen LogP contribution is 2.09. The molecule has 0 aliphatic heterocycles. The number of unbranched alkanes of at least 4 members (excludes halogenated alkanes) is 4. The molecule has 1 atom stereocenters. The summed E-state index contributed by atoms with van der Waals surface area (Å²) in [4.78, 5) is 0. The average molecular weight is 215 g/mol. The van der Waals surface area contributed by atoms with Crippen LogP contribution < -0.4 is 5.73 Å². The Hall–Kier alpha value is -0.0800. The number of nitrogens with two attached hydrogens (primary N) is 1. The van der Waals surface area contributed by atoms with Gasteiger partial charge in [-0.05, 0) is 26.2 Å². The first-order chi connectivity index (χ1) is 7.31. The lowest BCUT2D eigenvalue weighted by molar-refractivity contribution is 0.141. The van der Waals surface area contributed by atoms with E-state index < -0.39 is 0 Å². The van der Waals surface area contributed by atoms with Crippen LogP contribution >= 0.6 is 0 Å². The maximum atomic E-state index is 6.02. The standard InChI is InChI=1S/C13H29NO/c1-3-5-6-7-8-10-13(14)11-9-12-15-4-2/h13H,3-12,14H2,1-2H3. The van der Waals surface area contributed by atoms with E-state index in [-0.39, 0.29) is 0 Å². The second-order valence-corrected chi connectivity index (χ2v) is 4.30. The molecule has 0 aromatic rings. The zero-order valence-electron chi connectivity index (χ0n) is 10.6. The molecule has 0 aromatic carbocycles. The van der Waals surface area contributed by atoms with Crippen LogP contribution in [0.15, 0.2) is 0 Å². The van der Waals surface area contributed by atoms with Crippen molar-refractivity contribution >= 4 is 0 Å². The minimum Gasteiger partial charge on any atom is -0.382 e. The van der Waals surface area contributed by atoms with E-state index in [1.165, 1.54) is 38.5 Å². The molecule has 2 N–H and O–H groups in total. The zero-order valence-corrected chi connectivity index (χ0v) is 10.6. The first-order valence-corrected chi connectivity index (χ1v) is 6.64. The van der Waals surface area contributed by atoms with Crippen LogP contribution in [0.3, 0.4) is 0 Å². The monoisotopic (exact) mass is 215 g/mol. The van der Waals surface area contributed by atoms with Crippen molar-refractivity contribution in [1.29, 1.82) is 0 Å². The van der Waals surface area contributed by atoms with Gasteiger partial charge in [-0.3, -0.25) is 0 Å². The molecule has 0 bridgehead atoms. The summed E-state index contributed by atoms with van der Waals surface area (Å²) in [7, 11) is 0. The molecule has 2 heteroatoms. The first kappa shape index (κ1) is 14.9. The molecule has 0 aliphatic carbocycles. The van der Waals surface area contributed by atoms with Crippen LogP contribution in [0.4, 0.5) is 0 Å². The van der Waals surface area contributed by atoms with Gasteiger partial charge in [0.1, 0.15) is 0 Å². The average Bonchev–Trinajstić information content (AvgIpc) is 2.24. The molecular weight excluding hydrogens is 186 g/mol. The fourth-order valence-corrected chi connectivity index (χ4v) is 1.75. The van der Waals surface area contributed by atoms with Crippen LogP contribution in [0, 0.1) is 0 Å². The van der Waals surface area contributed by atoms with Crippen molar-refractivity contribution in [2.24, 2.45) is 5.73 Å². The largest absolute Gasteiger partial charge is 0.382 e. The summed E-state index contributed by atoms with van der Waals surface area (Å²) in [5, 5.41) is 0. The Bertz CT molecular complexity index is 117. The molecule has 1 unspecified atom stereocenters. The molecule has 0 spiro atoms. The molecule has 0 heterocycles. The van der Waals surface area contributed by atoms with Crippen molar-refractivity contribution in [2.75, 3.05) is 13.2 Å². The number of hydrogen-bond acceptors (Lipinski definition) is 2. The van der Waals surface area contributed by atoms with E-state index in [0.29, 0.717) is 6.04 Å². The Kier molecular flexibility index (Phi) is 11.9. The van der Waals surface area contributed by atoms with Crippen molar-refractivity contribution < 1.29 is 4.74 Å². The van der Waals surface area contributed by atoms with E-state index in [1.807, 2.05) is 6.92 Å². The molecule has 15 heavy (non-hydrogen) atoms. The van der Waals surface area contributed by atoms with Crippen molar-refractivity contribution in [1.82, 2.24) is 0 Å². The summed E-state index contributed by atoms with van der Waals surface area (Å²) in [5.74, 6) is 0. The van der Waals surface area contributed by atoms with Gasteiger partial charge in [-0.1, -0.05) is 39.0 Å². The van der Waals surface area contributed by atoms with Gasteiger partial charge >= 0.3 is 0 Å². The number of rotatable bonds is 11. The Labute approximate surface area is 95.6 Å². The van der Waals surface area contributed by atoms with Gasteiger partial charge in [0.05, 0.1) is 0 Å². The van der Waals surface area contributed by atoms with Gasteiger partial charge in [0.25, 0.3) is 0 Å². The van der Waals surface area contributed by atoms with Gasteiger partial charge in [0.15, 0.2) is 0 Å². The van der Waals surface area contributed by atoms with Gasteiger partial charge < -0.3 is 10.5 Å². The predicted molar refractivity (Wildman–Crippen MR) is 67.1 cm³/mol. The van der Waals surface area contributed by atoms with E-state index in [4.69, 9.17) is 10.5 Å². The molecule has 0 saturated carbocycles. The minimum absolute atomic E-state index is 0.395. The molecule has 0 aliphatic rings. The van der Waals surface area contributed by atoms with E-state index >= 15 is 0 Å². The van der Waals surface area contributed by atoms with E-state index in [9.17, 15) is 0 Å². The molecular formula is C13H29NO. The highest BCUT2D eigenvalue weighted by molar-refractivity contribution is 4.61. The summed E-state index contributed by atoms with van der Waals surface area (Å²) in [6, 6.07) is 0.395. The zero-order chi connectivity index (χ0) is 11.4. The lowest BCUT2D eigenvalue weighted by Gasteiger charge is -2.10. The van der Waals surface area contributed by atoms with Gasteiger partial charge in [-0.25, -0.2) is 0 Å². The Morgan fingerprint density at radius 2 is 1.60 bits per heavy atom. The van der Waals surface area contributed by atoms with Crippen molar-refractivity contribution in [3.63, 3.8) is 0 Å². The van der Waals surface area contributed by atoms with Gasteiger partial charge in [-0.15, -0.1) is 0 Å². The topological polar surface area (TPSA) is 35.2 Å². The maximum Gasteiger partial charge on any atom is 0.0466 e. The predicted octanol–water partition coefficient (Wildman–Crippen LogP) is 3.49. The van der Waals surface area contributed by atoms with Crippen LogP contribution in [-0.2, 0) is 4.74 Å². The second-order valence-electron chi connectivity index (χ2n) is 4.30. The normalized spacial score (nSPS) is 13.0. The Morgan fingerprint density at radius 1 is 0.933 bits per heavy atom. The Morgan fingerprint density at radius 3 is 2.27 bits per heavy atom. The van der Waals surface area contributed by atoms with Gasteiger partial charge in [0, 0.05) is 19.3 Å². The molecule has 92 valence electrons. The van der Waals surface area contributed by atoms with Crippen LogP contribution in [0.1, 0.15) is 65.2 Å². The molecule has 0 amide bonds. The number of ether oxygens (including phenoxy) is 1. The van der Waals surface area contributed by atoms with E-state index in [0.717, 1.165) is 26.1 Å². The fraction of sp³-hybridized carbons (Fsp3) is 1.00. The lowest BCUT2D eigenvalue weighted by atomic mass is 10.0. The van der Waals surface area contributed by atoms with Gasteiger partial charge in [-0.2, -0.15) is 0 Å². The lowest BCUT2D eigenvalue weighted by Crippen LogP contribution is -2.20. The minimum atomic E-state index is 0.395. The molecule has 0 saturated heterocycles. The molecule has 0 fully saturated rings. The van der Waals surface area contributed by atoms with Crippen LogP contribution in [0.5, 0.6) is 0 Å². The third kappa shape index (κ3) is 11.8. The van der Waals surface area contributed by atoms with Crippen LogP contribution in [0.2, 0.25) is 0 Å². The summed E-state index contributed by atoms with van der Waals surface area (Å²) in [6.07, 6.45) is 10.2. The summed E-state index contributed by atoms with van der Waals surface area (Å²) < 4.78 is 5.29. The summed E-state index contributed by atoms with van der Waals surface area (Å²) >= 11 is 0. The summed E-state index contributed by atoms with van der Waals surface area (Å²) in [6.45, 7) is 5.99. The van der Waals surface area contributed by atoms with Crippen LogP contribution in [-0.4, -0.2) is 19.3 Å². The SMILES string of the molecule is CCCCCCCC(N)CCCOCC. The third-order valence-electron chi connectivity index (χ3n) is 2.75. The van der Waals surface area contributed by atoms with E-state index in [1.54, 1.807) is 0 Å². The highest BCUT2D eigenvalue weighted by atomic mass is 16.5. The molecule has 0 rings (SSSR count). The highest BCUT2D eigenvalue weighted by Gasteiger charge is 2.01. The Balaban J connectivity index is 3.08. The quantitative estimate of drug-likeness (QED) is 0.535. The second kappa shape index (κ2) is 12.0. The molecule has 2 nitrogen and oxygen atoms in total. The smallest absolute Gasteiger partial charge is 0.0466 e. The van der Waals surface area contributed by atoms with E-state index in [2.05, 4.69) is 6.92 Å². The molecule has 0 radical (unpaired) electrons. The third-order valence-corrected chi connectivity index (χ3v) is 2.75. The fourth-order valence-electron chi connectivity index (χ4n) is 1.75. The molecule has 0 aromatic heterocycles. The maximum absolute atomic E-state index is 6.02. The summed E-state index contributed by atoms with van der Waals surface area (Å²) in [5.41, 5.74) is 6.02. The van der Waals surface area contributed by atoms with Gasteiger partial charge in [0.2, 0.25) is 0 Å². The van der Waals surface area contributed by atoms with Crippen molar-refractivity contribution in [3.8, 4) is 0 Å². The van der Waals surface area contributed by atoms with Crippen LogP contribution in [0.25, 0.3) is 0 Å². The van der Waals surface area contributed by atoms with Crippen molar-refractivity contribution in [2.45, 2.75) is 71.3 Å². The van der Waals surface area contributed by atoms with Crippen molar-refractivity contribution in [3.05, 3.63) is 0 Å². The number of hydrogen-bond donors (Lipinski definition) is 1.